The Hall–Kier alpha value is -3.32. The molecule has 2 heterocycles. The summed E-state index contributed by atoms with van der Waals surface area (Å²) in [6, 6.07) is 14.9. The highest BCUT2D eigenvalue weighted by Crippen LogP contribution is 2.26. The number of carbonyl (C=O) groups is 1. The lowest BCUT2D eigenvalue weighted by molar-refractivity contribution is 0.0600. The van der Waals surface area contributed by atoms with Crippen molar-refractivity contribution in [2.75, 3.05) is 38.8 Å². The molecule has 0 bridgehead atoms. The lowest BCUT2D eigenvalue weighted by Gasteiger charge is -2.41. The van der Waals surface area contributed by atoms with Crippen molar-refractivity contribution >= 4 is 22.6 Å². The summed E-state index contributed by atoms with van der Waals surface area (Å²) in [5.41, 5.74) is 2.77. The molecule has 7 nitrogen and oxygen atoms in total. The molecule has 1 aliphatic heterocycles. The molecule has 1 fully saturated rings. The van der Waals surface area contributed by atoms with Gasteiger partial charge >= 0.3 is 11.6 Å². The van der Waals surface area contributed by atoms with E-state index < -0.39 is 0 Å². The quantitative estimate of drug-likeness (QED) is 0.461. The molecule has 0 N–H and O–H groups in total. The van der Waals surface area contributed by atoms with Gasteiger partial charge in [-0.3, -0.25) is 4.90 Å². The topological polar surface area (TPSA) is 72.2 Å². The molecule has 162 valence electrons. The smallest absolute Gasteiger partial charge is 0.337 e. The second kappa shape index (κ2) is 8.81. The largest absolute Gasteiger partial charge is 0.497 e. The van der Waals surface area contributed by atoms with Crippen LogP contribution in [-0.4, -0.2) is 50.8 Å². The minimum absolute atomic E-state index is 0.287. The van der Waals surface area contributed by atoms with Crippen LogP contribution in [0.3, 0.4) is 0 Å². The van der Waals surface area contributed by atoms with Gasteiger partial charge in [-0.05, 0) is 48.9 Å². The average Bonchev–Trinajstić information content (AvgIpc) is 2.79. The zero-order valence-corrected chi connectivity index (χ0v) is 18.0. The van der Waals surface area contributed by atoms with E-state index in [0.717, 1.165) is 36.3 Å². The van der Waals surface area contributed by atoms with Crippen molar-refractivity contribution in [3.05, 3.63) is 70.1 Å². The second-order valence-corrected chi connectivity index (χ2v) is 7.76. The van der Waals surface area contributed by atoms with Crippen LogP contribution in [0.4, 0.5) is 5.69 Å². The molecule has 0 aliphatic carbocycles. The molecule has 0 radical (unpaired) electrons. The van der Waals surface area contributed by atoms with Crippen molar-refractivity contribution in [2.24, 2.45) is 0 Å². The average molecular weight is 422 g/mol. The first kappa shape index (κ1) is 20.9. The van der Waals surface area contributed by atoms with E-state index in [2.05, 4.69) is 16.7 Å². The van der Waals surface area contributed by atoms with E-state index in [-0.39, 0.29) is 17.6 Å². The Balaban J connectivity index is 1.49. The summed E-state index contributed by atoms with van der Waals surface area (Å²) < 4.78 is 15.4. The number of hydrogen-bond acceptors (Lipinski definition) is 7. The number of anilines is 1. The standard InChI is InChI=1S/C24H26N2O5/c1-16-14-26(19-6-4-17(5-7-19)24(28)30-3)11-10-25(16)15-18-12-23(27)31-22-13-20(29-2)8-9-21(18)22/h4-9,12-13,16H,10-11,14-15H2,1-3H3. The molecular formula is C24H26N2O5. The highest BCUT2D eigenvalue weighted by molar-refractivity contribution is 5.89. The van der Waals surface area contributed by atoms with Crippen LogP contribution in [0, 0.1) is 0 Å². The van der Waals surface area contributed by atoms with Crippen molar-refractivity contribution < 1.29 is 18.7 Å². The fourth-order valence-corrected chi connectivity index (χ4v) is 4.08. The number of fused-ring (bicyclic) bond motifs is 1. The van der Waals surface area contributed by atoms with Gasteiger partial charge in [0.1, 0.15) is 11.3 Å². The Morgan fingerprint density at radius 2 is 1.87 bits per heavy atom. The number of methoxy groups -OCH3 is 2. The molecule has 1 aliphatic rings. The van der Waals surface area contributed by atoms with Crippen LogP contribution in [0.25, 0.3) is 11.0 Å². The van der Waals surface area contributed by atoms with Gasteiger partial charge in [-0.2, -0.15) is 0 Å². The summed E-state index contributed by atoms with van der Waals surface area (Å²) >= 11 is 0. The molecular weight excluding hydrogens is 396 g/mol. The van der Waals surface area contributed by atoms with Crippen LogP contribution in [-0.2, 0) is 11.3 Å². The van der Waals surface area contributed by atoms with Crippen LogP contribution < -0.4 is 15.3 Å². The first-order valence-corrected chi connectivity index (χ1v) is 10.3. The van der Waals surface area contributed by atoms with Crippen LogP contribution in [0.1, 0.15) is 22.8 Å². The zero-order chi connectivity index (χ0) is 22.0. The van der Waals surface area contributed by atoms with Gasteiger partial charge in [-0.1, -0.05) is 0 Å². The maximum atomic E-state index is 12.1. The van der Waals surface area contributed by atoms with E-state index >= 15 is 0 Å². The van der Waals surface area contributed by atoms with Crippen molar-refractivity contribution in [3.8, 4) is 5.75 Å². The van der Waals surface area contributed by atoms with E-state index in [9.17, 15) is 9.59 Å². The van der Waals surface area contributed by atoms with Crippen molar-refractivity contribution in [2.45, 2.75) is 19.5 Å². The maximum Gasteiger partial charge on any atom is 0.337 e. The van der Waals surface area contributed by atoms with Gasteiger partial charge < -0.3 is 18.8 Å². The number of carbonyl (C=O) groups excluding carboxylic acids is 1. The molecule has 0 saturated carbocycles. The zero-order valence-electron chi connectivity index (χ0n) is 18.0. The van der Waals surface area contributed by atoms with E-state index in [4.69, 9.17) is 13.9 Å². The fraction of sp³-hybridized carbons (Fsp3) is 0.333. The van der Waals surface area contributed by atoms with Gasteiger partial charge in [0, 0.05) is 55.4 Å². The minimum Gasteiger partial charge on any atom is -0.497 e. The number of esters is 1. The lowest BCUT2D eigenvalue weighted by atomic mass is 10.1. The van der Waals surface area contributed by atoms with E-state index in [1.807, 2.05) is 24.3 Å². The SMILES string of the molecule is COC(=O)c1ccc(N2CCN(Cc3cc(=O)oc4cc(OC)ccc34)C(C)C2)cc1. The van der Waals surface area contributed by atoms with Crippen molar-refractivity contribution in [1.29, 1.82) is 0 Å². The Bertz CT molecular complexity index is 1140. The lowest BCUT2D eigenvalue weighted by Crippen LogP contribution is -2.51. The van der Waals surface area contributed by atoms with Crippen molar-refractivity contribution in [3.63, 3.8) is 0 Å². The normalized spacial score (nSPS) is 17.0. The van der Waals surface area contributed by atoms with Crippen molar-refractivity contribution in [1.82, 2.24) is 4.90 Å². The summed E-state index contributed by atoms with van der Waals surface area (Å²) in [7, 11) is 2.97. The summed E-state index contributed by atoms with van der Waals surface area (Å²) in [6.45, 7) is 5.42. The molecule has 2 aromatic carbocycles. The Kier molecular flexibility index (Phi) is 5.95. The van der Waals surface area contributed by atoms with Crippen LogP contribution >= 0.6 is 0 Å². The Morgan fingerprint density at radius 3 is 2.55 bits per heavy atom. The fourth-order valence-electron chi connectivity index (χ4n) is 4.08. The number of ether oxygens (including phenoxy) is 2. The summed E-state index contributed by atoms with van der Waals surface area (Å²) in [5.74, 6) is 0.329. The summed E-state index contributed by atoms with van der Waals surface area (Å²) in [5, 5.41) is 0.924. The third-order valence-corrected chi connectivity index (χ3v) is 5.83. The van der Waals surface area contributed by atoms with Gasteiger partial charge in [0.05, 0.1) is 19.8 Å². The number of hydrogen-bond donors (Lipinski definition) is 0. The first-order chi connectivity index (χ1) is 15.0. The van der Waals surface area contributed by atoms with Gasteiger partial charge in [0.15, 0.2) is 0 Å². The number of rotatable bonds is 5. The molecule has 0 spiro atoms. The van der Waals surface area contributed by atoms with Gasteiger partial charge in [0.2, 0.25) is 0 Å². The molecule has 7 heteroatoms. The number of benzene rings is 2. The number of piperazine rings is 1. The Morgan fingerprint density at radius 1 is 1.10 bits per heavy atom. The molecule has 1 unspecified atom stereocenters. The number of nitrogens with zero attached hydrogens (tertiary/aromatic N) is 2. The highest BCUT2D eigenvalue weighted by atomic mass is 16.5. The van der Waals surface area contributed by atoms with Crippen LogP contribution in [0.2, 0.25) is 0 Å². The van der Waals surface area contributed by atoms with Gasteiger partial charge in [0.25, 0.3) is 0 Å². The van der Waals surface area contributed by atoms with E-state index in [1.54, 1.807) is 31.4 Å². The maximum absolute atomic E-state index is 12.1. The third-order valence-electron chi connectivity index (χ3n) is 5.83. The minimum atomic E-state index is -0.354. The van der Waals surface area contributed by atoms with E-state index in [1.165, 1.54) is 7.11 Å². The molecule has 31 heavy (non-hydrogen) atoms. The molecule has 0 amide bonds. The molecule has 1 aromatic heterocycles. The summed E-state index contributed by atoms with van der Waals surface area (Å²) in [6.07, 6.45) is 0. The summed E-state index contributed by atoms with van der Waals surface area (Å²) in [4.78, 5) is 28.4. The molecule has 1 atom stereocenters. The van der Waals surface area contributed by atoms with Crippen LogP contribution in [0.5, 0.6) is 5.75 Å². The third kappa shape index (κ3) is 4.41. The van der Waals surface area contributed by atoms with E-state index in [0.29, 0.717) is 23.4 Å². The second-order valence-electron chi connectivity index (χ2n) is 7.76. The Labute approximate surface area is 180 Å². The molecule has 3 aromatic rings. The van der Waals surface area contributed by atoms with Gasteiger partial charge in [-0.25, -0.2) is 9.59 Å². The van der Waals surface area contributed by atoms with Gasteiger partial charge in [-0.15, -0.1) is 0 Å². The molecule has 4 rings (SSSR count). The first-order valence-electron chi connectivity index (χ1n) is 10.3. The monoisotopic (exact) mass is 422 g/mol. The predicted octanol–water partition coefficient (Wildman–Crippen LogP) is 3.30. The van der Waals surface area contributed by atoms with Crippen LogP contribution in [0.15, 0.2) is 57.7 Å². The predicted molar refractivity (Wildman–Crippen MR) is 119 cm³/mol. The highest BCUT2D eigenvalue weighted by Gasteiger charge is 2.25. The molecule has 1 saturated heterocycles.